The van der Waals surface area contributed by atoms with E-state index in [-0.39, 0.29) is 0 Å². The lowest BCUT2D eigenvalue weighted by Gasteiger charge is -2.37. The Bertz CT molecular complexity index is 633. The fourth-order valence-corrected chi connectivity index (χ4v) is 5.64. The van der Waals surface area contributed by atoms with E-state index >= 15 is 0 Å². The van der Waals surface area contributed by atoms with Gasteiger partial charge >= 0.3 is 7.67 Å². The van der Waals surface area contributed by atoms with E-state index in [4.69, 9.17) is 27.7 Å². The number of hydrogen-bond donors (Lipinski definition) is 0. The molecule has 0 radical (unpaired) electrons. The van der Waals surface area contributed by atoms with Gasteiger partial charge in [0.2, 0.25) is 0 Å². The molecule has 2 rings (SSSR count). The van der Waals surface area contributed by atoms with E-state index in [2.05, 4.69) is 0 Å². The molecule has 0 heterocycles. The van der Waals surface area contributed by atoms with Crippen LogP contribution in [-0.2, 0) is 22.2 Å². The molecule has 0 unspecified atom stereocenters. The third kappa shape index (κ3) is 5.82. The third-order valence-corrected chi connectivity index (χ3v) is 6.98. The zero-order chi connectivity index (χ0) is 18.8. The maximum Gasteiger partial charge on any atom is 0.346 e. The summed E-state index contributed by atoms with van der Waals surface area (Å²) in [6, 6.07) is 19.8. The van der Waals surface area contributed by atoms with Gasteiger partial charge in [0, 0.05) is 45.0 Å². The lowest BCUT2D eigenvalue weighted by atomic mass is 10.2. The predicted molar refractivity (Wildman–Crippen MR) is 110 cm³/mol. The fraction of sp³-hybridized carbons (Fsp3) is 0.368. The average Bonchev–Trinajstić information content (AvgIpc) is 2.68. The van der Waals surface area contributed by atoms with E-state index in [0.29, 0.717) is 37.9 Å². The van der Waals surface area contributed by atoms with Crippen LogP contribution in [0.4, 0.5) is 0 Å². The van der Waals surface area contributed by atoms with Crippen LogP contribution in [0.1, 0.15) is 11.1 Å². The topological polar surface area (TPSA) is 32.8 Å². The lowest BCUT2D eigenvalue weighted by molar-refractivity contribution is 0.238. The standard InChI is InChI=1S/C19H25Cl2N2O2P/c1-25-26(24,22(14-12-20)16-18-8-4-2-5-9-18)23(15-13-21)17-19-10-6-3-7-11-19/h2-11H,12-17H2,1H3. The van der Waals surface area contributed by atoms with Gasteiger partial charge in [-0.25, -0.2) is 9.34 Å². The van der Waals surface area contributed by atoms with Gasteiger partial charge in [-0.2, -0.15) is 0 Å². The van der Waals surface area contributed by atoms with E-state index in [1.807, 2.05) is 70.0 Å². The molecule has 0 saturated heterocycles. The van der Waals surface area contributed by atoms with Crippen molar-refractivity contribution in [3.8, 4) is 0 Å². The summed E-state index contributed by atoms with van der Waals surface area (Å²) < 4.78 is 23.1. The first-order chi connectivity index (χ1) is 12.6. The molecule has 0 aliphatic heterocycles. The molecule has 4 nitrogen and oxygen atoms in total. The molecule has 2 aromatic carbocycles. The quantitative estimate of drug-likeness (QED) is 0.372. The van der Waals surface area contributed by atoms with Gasteiger partial charge in [-0.05, 0) is 11.1 Å². The maximum atomic E-state index is 13.9. The molecule has 0 N–H and O–H groups in total. The normalized spacial score (nSPS) is 12.0. The Morgan fingerprint density at radius 3 is 1.50 bits per heavy atom. The maximum absolute atomic E-state index is 13.9. The van der Waals surface area contributed by atoms with Crippen LogP contribution >= 0.6 is 30.9 Å². The highest BCUT2D eigenvalue weighted by atomic mass is 35.5. The second-order valence-corrected chi connectivity index (χ2v) is 9.03. The molecular formula is C19H25Cl2N2O2P. The van der Waals surface area contributed by atoms with Crippen LogP contribution in [0.25, 0.3) is 0 Å². The number of nitrogens with zero attached hydrogens (tertiary/aromatic N) is 2. The van der Waals surface area contributed by atoms with Crippen LogP contribution < -0.4 is 0 Å². The molecule has 2 aromatic rings. The van der Waals surface area contributed by atoms with Crippen LogP contribution in [0.5, 0.6) is 0 Å². The van der Waals surface area contributed by atoms with Crippen LogP contribution in [0, 0.1) is 0 Å². The number of halogens is 2. The van der Waals surface area contributed by atoms with Gasteiger partial charge in [-0.3, -0.25) is 4.57 Å². The monoisotopic (exact) mass is 414 g/mol. The largest absolute Gasteiger partial charge is 0.346 e. The fourth-order valence-electron chi connectivity index (χ4n) is 2.78. The molecule has 0 saturated carbocycles. The van der Waals surface area contributed by atoms with Crippen molar-refractivity contribution in [2.24, 2.45) is 0 Å². The van der Waals surface area contributed by atoms with E-state index in [1.165, 1.54) is 7.11 Å². The summed E-state index contributed by atoms with van der Waals surface area (Å²) in [5.41, 5.74) is 2.11. The van der Waals surface area contributed by atoms with Crippen LogP contribution in [0.2, 0.25) is 0 Å². The van der Waals surface area contributed by atoms with Gasteiger partial charge in [-0.15, -0.1) is 23.2 Å². The highest BCUT2D eigenvalue weighted by Crippen LogP contribution is 2.54. The molecular weight excluding hydrogens is 390 g/mol. The van der Waals surface area contributed by atoms with Crippen molar-refractivity contribution in [1.29, 1.82) is 0 Å². The average molecular weight is 415 g/mol. The molecule has 0 bridgehead atoms. The molecule has 0 aromatic heterocycles. The Labute approximate surface area is 166 Å². The summed E-state index contributed by atoms with van der Waals surface area (Å²) in [4.78, 5) is 0. The molecule has 0 spiro atoms. The highest BCUT2D eigenvalue weighted by Gasteiger charge is 2.37. The lowest BCUT2D eigenvalue weighted by Crippen LogP contribution is -2.34. The van der Waals surface area contributed by atoms with E-state index in [9.17, 15) is 4.57 Å². The Morgan fingerprint density at radius 1 is 0.808 bits per heavy atom. The molecule has 7 heteroatoms. The van der Waals surface area contributed by atoms with Crippen molar-refractivity contribution < 1.29 is 9.09 Å². The number of rotatable bonds is 11. The molecule has 142 valence electrons. The molecule has 0 atom stereocenters. The van der Waals surface area contributed by atoms with Crippen molar-refractivity contribution in [2.45, 2.75) is 13.1 Å². The molecule has 0 fully saturated rings. The number of hydrogen-bond acceptors (Lipinski definition) is 2. The summed E-state index contributed by atoms with van der Waals surface area (Å²) in [5.74, 6) is 0.723. The van der Waals surface area contributed by atoms with Crippen LogP contribution in [0.3, 0.4) is 0 Å². The predicted octanol–water partition coefficient (Wildman–Crippen LogP) is 5.22. The first-order valence-electron chi connectivity index (χ1n) is 8.50. The summed E-state index contributed by atoms with van der Waals surface area (Å²) in [7, 11) is -1.80. The van der Waals surface area contributed by atoms with Gasteiger partial charge in [-0.1, -0.05) is 60.7 Å². The van der Waals surface area contributed by atoms with Crippen molar-refractivity contribution in [3.63, 3.8) is 0 Å². The number of alkyl halides is 2. The Kier molecular flexibility index (Phi) is 9.13. The summed E-state index contributed by atoms with van der Waals surface area (Å²) in [5, 5.41) is 0. The Balaban J connectivity index is 2.29. The van der Waals surface area contributed by atoms with Crippen LogP contribution in [-0.4, -0.2) is 41.3 Å². The van der Waals surface area contributed by atoms with Crippen molar-refractivity contribution in [1.82, 2.24) is 9.34 Å². The first-order valence-corrected chi connectivity index (χ1v) is 11.1. The minimum Gasteiger partial charge on any atom is -0.309 e. The second-order valence-electron chi connectivity index (χ2n) is 5.80. The molecule has 26 heavy (non-hydrogen) atoms. The van der Waals surface area contributed by atoms with Gasteiger partial charge in [0.1, 0.15) is 0 Å². The minimum atomic E-state index is -3.29. The zero-order valence-electron chi connectivity index (χ0n) is 14.9. The van der Waals surface area contributed by atoms with Crippen molar-refractivity contribution in [3.05, 3.63) is 71.8 Å². The smallest absolute Gasteiger partial charge is 0.309 e. The van der Waals surface area contributed by atoms with Gasteiger partial charge < -0.3 is 4.52 Å². The zero-order valence-corrected chi connectivity index (χ0v) is 17.3. The molecule has 0 aliphatic rings. The van der Waals surface area contributed by atoms with E-state index < -0.39 is 7.67 Å². The number of benzene rings is 2. The highest BCUT2D eigenvalue weighted by molar-refractivity contribution is 7.53. The van der Waals surface area contributed by atoms with Gasteiger partial charge in [0.15, 0.2) is 0 Å². The second kappa shape index (κ2) is 11.1. The van der Waals surface area contributed by atoms with Crippen LogP contribution in [0.15, 0.2) is 60.7 Å². The molecule has 0 aliphatic carbocycles. The Morgan fingerprint density at radius 2 is 1.19 bits per heavy atom. The van der Waals surface area contributed by atoms with E-state index in [1.54, 1.807) is 0 Å². The van der Waals surface area contributed by atoms with Crippen molar-refractivity contribution in [2.75, 3.05) is 32.0 Å². The van der Waals surface area contributed by atoms with E-state index in [0.717, 1.165) is 11.1 Å². The van der Waals surface area contributed by atoms with Gasteiger partial charge in [0.25, 0.3) is 0 Å². The third-order valence-electron chi connectivity index (χ3n) is 4.05. The van der Waals surface area contributed by atoms with Crippen molar-refractivity contribution >= 4 is 30.9 Å². The Hall–Kier alpha value is -0.870. The summed E-state index contributed by atoms with van der Waals surface area (Å²) in [6.07, 6.45) is 0. The SMILES string of the molecule is COP(=O)(N(CCCl)Cc1ccccc1)N(CCCl)Cc1ccccc1. The summed E-state index contributed by atoms with van der Waals surface area (Å²) in [6.45, 7) is 1.89. The minimum absolute atomic E-state index is 0.361. The molecule has 0 amide bonds. The summed E-state index contributed by atoms with van der Waals surface area (Å²) >= 11 is 12.0. The first kappa shape index (κ1) is 21.4. The van der Waals surface area contributed by atoms with Gasteiger partial charge in [0.05, 0.1) is 0 Å².